The molecule has 0 aliphatic carbocycles. The maximum atomic E-state index is 12.9. The Morgan fingerprint density at radius 3 is 2.61 bits per heavy atom. The van der Waals surface area contributed by atoms with E-state index in [9.17, 15) is 4.79 Å². The number of benzene rings is 2. The lowest BCUT2D eigenvalue weighted by Crippen LogP contribution is -2.41. The molecule has 3 aromatic rings. The SMILES string of the molecule is COc1ccc(-c2ccc(N3CCCC(C(=O)Nc4ccc(Br)cc4C)C3)nn2)cc1. The molecule has 2 aromatic carbocycles. The van der Waals surface area contributed by atoms with Crippen LogP contribution in [0.15, 0.2) is 59.1 Å². The minimum absolute atomic E-state index is 0.0536. The summed E-state index contributed by atoms with van der Waals surface area (Å²) in [5, 5.41) is 11.9. The predicted octanol–water partition coefficient (Wildman–Crippen LogP) is 5.08. The highest BCUT2D eigenvalue weighted by molar-refractivity contribution is 9.10. The Hall–Kier alpha value is -2.93. The quantitative estimate of drug-likeness (QED) is 0.551. The minimum Gasteiger partial charge on any atom is -0.497 e. The summed E-state index contributed by atoms with van der Waals surface area (Å²) in [7, 11) is 1.65. The van der Waals surface area contributed by atoms with Crippen molar-refractivity contribution in [3.05, 3.63) is 64.6 Å². The van der Waals surface area contributed by atoms with Crippen LogP contribution in [0.1, 0.15) is 18.4 Å². The fourth-order valence-electron chi connectivity index (χ4n) is 3.81. The van der Waals surface area contributed by atoms with E-state index in [1.54, 1.807) is 7.11 Å². The molecule has 0 spiro atoms. The van der Waals surface area contributed by atoms with E-state index >= 15 is 0 Å². The van der Waals surface area contributed by atoms with Gasteiger partial charge in [-0.25, -0.2) is 0 Å². The van der Waals surface area contributed by atoms with Crippen LogP contribution >= 0.6 is 15.9 Å². The van der Waals surface area contributed by atoms with Gasteiger partial charge in [-0.05, 0) is 79.9 Å². The summed E-state index contributed by atoms with van der Waals surface area (Å²) >= 11 is 3.46. The number of piperidine rings is 1. The molecule has 1 amide bonds. The predicted molar refractivity (Wildman–Crippen MR) is 126 cm³/mol. The molecule has 1 saturated heterocycles. The molecule has 1 N–H and O–H groups in total. The van der Waals surface area contributed by atoms with E-state index in [2.05, 4.69) is 36.3 Å². The second-order valence-electron chi connectivity index (χ2n) is 7.74. The monoisotopic (exact) mass is 480 g/mol. The fourth-order valence-corrected chi connectivity index (χ4v) is 4.29. The van der Waals surface area contributed by atoms with Crippen molar-refractivity contribution in [3.63, 3.8) is 0 Å². The van der Waals surface area contributed by atoms with Crippen LogP contribution < -0.4 is 15.0 Å². The standard InChI is InChI=1S/C24H25BrN4O2/c1-16-14-19(25)7-10-21(16)26-24(30)18-4-3-13-29(15-18)23-12-11-22(27-28-23)17-5-8-20(31-2)9-6-17/h5-12,14,18H,3-4,13,15H2,1-2H3,(H,26,30). The molecule has 1 atom stereocenters. The average molecular weight is 481 g/mol. The van der Waals surface area contributed by atoms with Crippen LogP contribution in [0, 0.1) is 12.8 Å². The van der Waals surface area contributed by atoms with Crippen LogP contribution in [0.5, 0.6) is 5.75 Å². The van der Waals surface area contributed by atoms with Crippen molar-refractivity contribution in [1.82, 2.24) is 10.2 Å². The smallest absolute Gasteiger partial charge is 0.229 e. The molecule has 7 heteroatoms. The number of rotatable bonds is 5. The zero-order valence-electron chi connectivity index (χ0n) is 17.6. The van der Waals surface area contributed by atoms with Crippen molar-refractivity contribution in [2.24, 2.45) is 5.92 Å². The van der Waals surface area contributed by atoms with E-state index in [0.717, 1.165) is 57.9 Å². The summed E-state index contributed by atoms with van der Waals surface area (Å²) in [6, 6.07) is 17.6. The molecular weight excluding hydrogens is 456 g/mol. The third-order valence-electron chi connectivity index (χ3n) is 5.60. The average Bonchev–Trinajstić information content (AvgIpc) is 2.81. The third kappa shape index (κ3) is 5.05. The van der Waals surface area contributed by atoms with Crippen LogP contribution in [0.25, 0.3) is 11.3 Å². The fraction of sp³-hybridized carbons (Fsp3) is 0.292. The molecule has 1 fully saturated rings. The van der Waals surface area contributed by atoms with Gasteiger partial charge in [-0.2, -0.15) is 0 Å². The Morgan fingerprint density at radius 1 is 1.13 bits per heavy atom. The van der Waals surface area contributed by atoms with Gasteiger partial charge < -0.3 is 15.0 Å². The summed E-state index contributed by atoms with van der Waals surface area (Å²) in [6.45, 7) is 3.50. The summed E-state index contributed by atoms with van der Waals surface area (Å²) in [6.07, 6.45) is 1.81. The summed E-state index contributed by atoms with van der Waals surface area (Å²) in [5.74, 6) is 1.58. The van der Waals surface area contributed by atoms with Crippen molar-refractivity contribution in [3.8, 4) is 17.0 Å². The van der Waals surface area contributed by atoms with Gasteiger partial charge >= 0.3 is 0 Å². The van der Waals surface area contributed by atoms with Crippen molar-refractivity contribution < 1.29 is 9.53 Å². The number of anilines is 2. The number of amides is 1. The second-order valence-corrected chi connectivity index (χ2v) is 8.65. The lowest BCUT2D eigenvalue weighted by atomic mass is 9.97. The lowest BCUT2D eigenvalue weighted by molar-refractivity contribution is -0.120. The minimum atomic E-state index is -0.0835. The molecule has 0 bridgehead atoms. The summed E-state index contributed by atoms with van der Waals surface area (Å²) in [5.41, 5.74) is 3.69. The highest BCUT2D eigenvalue weighted by atomic mass is 79.9. The third-order valence-corrected chi connectivity index (χ3v) is 6.09. The molecule has 0 radical (unpaired) electrons. The highest BCUT2D eigenvalue weighted by Crippen LogP contribution is 2.26. The first-order chi connectivity index (χ1) is 15.0. The van der Waals surface area contributed by atoms with E-state index in [0.29, 0.717) is 6.54 Å². The van der Waals surface area contributed by atoms with Crippen molar-refractivity contribution >= 4 is 33.3 Å². The van der Waals surface area contributed by atoms with E-state index in [4.69, 9.17) is 4.74 Å². The van der Waals surface area contributed by atoms with Gasteiger partial charge in [0.05, 0.1) is 18.7 Å². The Balaban J connectivity index is 1.42. The number of carbonyl (C=O) groups excluding carboxylic acids is 1. The summed E-state index contributed by atoms with van der Waals surface area (Å²) < 4.78 is 6.21. The molecule has 1 aliphatic heterocycles. The zero-order chi connectivity index (χ0) is 21.8. The van der Waals surface area contributed by atoms with Gasteiger partial charge in [0.25, 0.3) is 0 Å². The molecule has 1 aliphatic rings. The van der Waals surface area contributed by atoms with Crippen LogP contribution in [-0.2, 0) is 4.79 Å². The molecule has 31 heavy (non-hydrogen) atoms. The molecule has 6 nitrogen and oxygen atoms in total. The van der Waals surface area contributed by atoms with Crippen LogP contribution in [-0.4, -0.2) is 36.3 Å². The van der Waals surface area contributed by atoms with Gasteiger partial charge in [0.2, 0.25) is 5.91 Å². The van der Waals surface area contributed by atoms with Crippen molar-refractivity contribution in [2.75, 3.05) is 30.4 Å². The molecule has 1 unspecified atom stereocenters. The van der Waals surface area contributed by atoms with Gasteiger partial charge in [-0.15, -0.1) is 10.2 Å². The van der Waals surface area contributed by atoms with Gasteiger partial charge in [-0.3, -0.25) is 4.79 Å². The van der Waals surface area contributed by atoms with E-state index in [-0.39, 0.29) is 11.8 Å². The highest BCUT2D eigenvalue weighted by Gasteiger charge is 2.27. The van der Waals surface area contributed by atoms with Crippen LogP contribution in [0.4, 0.5) is 11.5 Å². The molecule has 2 heterocycles. The lowest BCUT2D eigenvalue weighted by Gasteiger charge is -2.32. The first kappa shape index (κ1) is 21.3. The number of nitrogens with one attached hydrogen (secondary N) is 1. The molecule has 4 rings (SSSR count). The topological polar surface area (TPSA) is 67.3 Å². The molecule has 160 valence electrons. The van der Waals surface area contributed by atoms with Gasteiger partial charge in [0.1, 0.15) is 5.75 Å². The molecular formula is C24H25BrN4O2. The van der Waals surface area contributed by atoms with Gasteiger partial charge in [-0.1, -0.05) is 15.9 Å². The number of aryl methyl sites for hydroxylation is 1. The van der Waals surface area contributed by atoms with Crippen molar-refractivity contribution in [1.29, 1.82) is 0 Å². The zero-order valence-corrected chi connectivity index (χ0v) is 19.2. The molecule has 1 aromatic heterocycles. The van der Waals surface area contributed by atoms with E-state index in [1.165, 1.54) is 0 Å². The second kappa shape index (κ2) is 9.47. The number of carbonyl (C=O) groups is 1. The number of halogens is 1. The Kier molecular flexibility index (Phi) is 6.51. The first-order valence-corrected chi connectivity index (χ1v) is 11.1. The number of ether oxygens (including phenoxy) is 1. The van der Waals surface area contributed by atoms with Gasteiger partial charge in [0.15, 0.2) is 5.82 Å². The van der Waals surface area contributed by atoms with Crippen LogP contribution in [0.2, 0.25) is 0 Å². The van der Waals surface area contributed by atoms with E-state index < -0.39 is 0 Å². The number of methoxy groups -OCH3 is 1. The number of hydrogen-bond donors (Lipinski definition) is 1. The maximum Gasteiger partial charge on any atom is 0.229 e. The maximum absolute atomic E-state index is 12.9. The first-order valence-electron chi connectivity index (χ1n) is 10.3. The number of hydrogen-bond acceptors (Lipinski definition) is 5. The normalized spacial score (nSPS) is 16.1. The summed E-state index contributed by atoms with van der Waals surface area (Å²) in [4.78, 5) is 15.0. The Labute approximate surface area is 190 Å². The number of aromatic nitrogens is 2. The van der Waals surface area contributed by atoms with E-state index in [1.807, 2.05) is 61.5 Å². The molecule has 0 saturated carbocycles. The number of nitrogens with zero attached hydrogens (tertiary/aromatic N) is 3. The Bertz CT molecular complexity index is 1050. The largest absolute Gasteiger partial charge is 0.497 e. The van der Waals surface area contributed by atoms with Crippen molar-refractivity contribution in [2.45, 2.75) is 19.8 Å². The Morgan fingerprint density at radius 2 is 1.94 bits per heavy atom. The van der Waals surface area contributed by atoms with Gasteiger partial charge in [0, 0.05) is 28.8 Å². The van der Waals surface area contributed by atoms with Crippen LogP contribution in [0.3, 0.4) is 0 Å².